The minimum atomic E-state index is -1.26. The first-order valence-corrected chi connectivity index (χ1v) is 7.83. The Bertz CT molecular complexity index is 657. The zero-order valence-electron chi connectivity index (χ0n) is 13.1. The number of rotatable bonds is 5. The molecule has 0 saturated carbocycles. The Hall–Kier alpha value is -2.36. The zero-order chi connectivity index (χ0) is 16.2. The van der Waals surface area contributed by atoms with Crippen molar-refractivity contribution < 1.29 is 13.9 Å². The number of ether oxygens (including phenoxy) is 1. The van der Waals surface area contributed by atoms with Crippen LogP contribution in [0.3, 0.4) is 0 Å². The van der Waals surface area contributed by atoms with Gasteiger partial charge >= 0.3 is 0 Å². The maximum atomic E-state index is 15.3. The Balaban J connectivity index is 1.97. The Labute approximate surface area is 135 Å². The lowest BCUT2D eigenvalue weighted by Crippen LogP contribution is -2.32. The summed E-state index contributed by atoms with van der Waals surface area (Å²) in [6.07, 6.45) is 0.0212. The van der Waals surface area contributed by atoms with Gasteiger partial charge in [0.2, 0.25) is 5.91 Å². The minimum absolute atomic E-state index is 0.0180. The number of methoxy groups -OCH3 is 1. The molecule has 23 heavy (non-hydrogen) atoms. The summed E-state index contributed by atoms with van der Waals surface area (Å²) in [6, 6.07) is 15.7. The van der Waals surface area contributed by atoms with Gasteiger partial charge in [0.15, 0.2) is 0 Å². The van der Waals surface area contributed by atoms with E-state index in [0.717, 1.165) is 17.7 Å². The van der Waals surface area contributed by atoms with E-state index in [9.17, 15) is 4.79 Å². The van der Waals surface area contributed by atoms with Crippen LogP contribution in [0, 0.1) is 0 Å². The van der Waals surface area contributed by atoms with Crippen molar-refractivity contribution in [1.82, 2.24) is 4.90 Å². The Morgan fingerprint density at radius 2 is 1.74 bits per heavy atom. The van der Waals surface area contributed by atoms with Gasteiger partial charge in [-0.05, 0) is 29.7 Å². The Morgan fingerprint density at radius 3 is 2.30 bits per heavy atom. The van der Waals surface area contributed by atoms with Crippen LogP contribution in [0.4, 0.5) is 4.39 Å². The van der Waals surface area contributed by atoms with Crippen LogP contribution in [0.1, 0.15) is 36.2 Å². The molecule has 4 heteroatoms. The summed E-state index contributed by atoms with van der Waals surface area (Å²) in [5, 5.41) is 0. The molecule has 0 aliphatic carbocycles. The van der Waals surface area contributed by atoms with Crippen LogP contribution in [0.5, 0.6) is 5.75 Å². The molecule has 3 rings (SSSR count). The van der Waals surface area contributed by atoms with E-state index in [1.807, 2.05) is 30.3 Å². The van der Waals surface area contributed by atoms with E-state index in [2.05, 4.69) is 0 Å². The van der Waals surface area contributed by atoms with Gasteiger partial charge in [-0.2, -0.15) is 0 Å². The average Bonchev–Trinajstić information content (AvgIpc) is 3.02. The van der Waals surface area contributed by atoms with Crippen LogP contribution in [-0.4, -0.2) is 24.5 Å². The van der Waals surface area contributed by atoms with Gasteiger partial charge in [-0.1, -0.05) is 42.5 Å². The SMILES string of the molecule is COc1ccc([C@H]([C@@H](F)c2ccccc2)N2CCCC2=O)cc1. The number of alkyl halides is 1. The number of carbonyl (C=O) groups excluding carboxylic acids is 1. The fourth-order valence-corrected chi connectivity index (χ4v) is 3.09. The standard InChI is InChI=1S/C19H20FNO2/c1-23-16-11-9-15(10-12-16)19(21-13-5-8-17(21)22)18(20)14-6-3-2-4-7-14/h2-4,6-7,9-12,18-19H,5,8,13H2,1H3/t18-,19+/m0/s1. The Morgan fingerprint density at radius 1 is 1.04 bits per heavy atom. The highest BCUT2D eigenvalue weighted by molar-refractivity contribution is 5.78. The summed E-state index contributed by atoms with van der Waals surface area (Å²) in [6.45, 7) is 0.600. The summed E-state index contributed by atoms with van der Waals surface area (Å²) in [5.74, 6) is 0.736. The molecule has 0 aromatic heterocycles. The number of benzene rings is 2. The van der Waals surface area contributed by atoms with Gasteiger partial charge < -0.3 is 9.64 Å². The lowest BCUT2D eigenvalue weighted by atomic mass is 9.95. The second-order valence-corrected chi connectivity index (χ2v) is 5.72. The van der Waals surface area contributed by atoms with Gasteiger partial charge in [-0.25, -0.2) is 4.39 Å². The molecule has 0 radical (unpaired) electrons. The number of amides is 1. The largest absolute Gasteiger partial charge is 0.497 e. The molecule has 2 aromatic carbocycles. The normalized spacial score (nSPS) is 17.1. The first-order chi connectivity index (χ1) is 11.2. The number of hydrogen-bond donors (Lipinski definition) is 0. The molecule has 0 N–H and O–H groups in total. The second-order valence-electron chi connectivity index (χ2n) is 5.72. The van der Waals surface area contributed by atoms with E-state index in [-0.39, 0.29) is 5.91 Å². The van der Waals surface area contributed by atoms with E-state index in [1.165, 1.54) is 0 Å². The first kappa shape index (κ1) is 15.5. The van der Waals surface area contributed by atoms with Crippen LogP contribution in [0.2, 0.25) is 0 Å². The number of hydrogen-bond acceptors (Lipinski definition) is 2. The molecule has 0 unspecified atom stereocenters. The second kappa shape index (κ2) is 6.82. The molecule has 0 bridgehead atoms. The van der Waals surface area contributed by atoms with Crippen molar-refractivity contribution in [2.24, 2.45) is 0 Å². The van der Waals surface area contributed by atoms with Crippen molar-refractivity contribution in [1.29, 1.82) is 0 Å². The smallest absolute Gasteiger partial charge is 0.223 e. The first-order valence-electron chi connectivity index (χ1n) is 7.83. The Kier molecular flexibility index (Phi) is 4.60. The lowest BCUT2D eigenvalue weighted by Gasteiger charge is -2.31. The van der Waals surface area contributed by atoms with Crippen molar-refractivity contribution >= 4 is 5.91 Å². The van der Waals surface area contributed by atoms with Gasteiger partial charge in [-0.15, -0.1) is 0 Å². The van der Waals surface area contributed by atoms with Crippen molar-refractivity contribution in [2.45, 2.75) is 25.1 Å². The van der Waals surface area contributed by atoms with Crippen molar-refractivity contribution in [3.05, 3.63) is 65.7 Å². The molecule has 1 heterocycles. The molecule has 3 nitrogen and oxygen atoms in total. The highest BCUT2D eigenvalue weighted by atomic mass is 19.1. The predicted octanol–water partition coefficient (Wildman–Crippen LogP) is 4.07. The number of halogens is 1. The summed E-state index contributed by atoms with van der Waals surface area (Å²) in [7, 11) is 1.60. The molecule has 2 aromatic rings. The fourth-order valence-electron chi connectivity index (χ4n) is 3.09. The van der Waals surface area contributed by atoms with E-state index >= 15 is 4.39 Å². The molecule has 1 aliphatic rings. The quantitative estimate of drug-likeness (QED) is 0.833. The van der Waals surface area contributed by atoms with Crippen LogP contribution < -0.4 is 4.74 Å². The van der Waals surface area contributed by atoms with Gasteiger partial charge in [-0.3, -0.25) is 4.79 Å². The third kappa shape index (κ3) is 3.21. The third-order valence-corrected chi connectivity index (χ3v) is 4.30. The summed E-state index contributed by atoms with van der Waals surface area (Å²) in [5.41, 5.74) is 1.38. The maximum absolute atomic E-state index is 15.3. The topological polar surface area (TPSA) is 29.5 Å². The number of nitrogens with zero attached hydrogens (tertiary/aromatic N) is 1. The molecular weight excluding hydrogens is 293 g/mol. The van der Waals surface area contributed by atoms with Crippen LogP contribution >= 0.6 is 0 Å². The van der Waals surface area contributed by atoms with Gasteiger partial charge in [0.05, 0.1) is 13.2 Å². The molecule has 1 aliphatic heterocycles. The molecule has 2 atom stereocenters. The minimum Gasteiger partial charge on any atom is -0.497 e. The predicted molar refractivity (Wildman–Crippen MR) is 87.0 cm³/mol. The van der Waals surface area contributed by atoms with Gasteiger partial charge in [0, 0.05) is 13.0 Å². The molecule has 1 amide bonds. The average molecular weight is 313 g/mol. The van der Waals surface area contributed by atoms with E-state index in [4.69, 9.17) is 4.74 Å². The van der Waals surface area contributed by atoms with Crippen LogP contribution in [0.15, 0.2) is 54.6 Å². The molecule has 1 saturated heterocycles. The summed E-state index contributed by atoms with van der Waals surface area (Å²) < 4.78 is 20.4. The monoisotopic (exact) mass is 313 g/mol. The van der Waals surface area contributed by atoms with Crippen molar-refractivity contribution in [2.75, 3.05) is 13.7 Å². The maximum Gasteiger partial charge on any atom is 0.223 e. The molecule has 1 fully saturated rings. The van der Waals surface area contributed by atoms with Crippen molar-refractivity contribution in [3.8, 4) is 5.75 Å². The number of carbonyl (C=O) groups is 1. The van der Waals surface area contributed by atoms with Gasteiger partial charge in [0.1, 0.15) is 11.9 Å². The lowest BCUT2D eigenvalue weighted by molar-refractivity contribution is -0.131. The highest BCUT2D eigenvalue weighted by Gasteiger charge is 2.35. The van der Waals surface area contributed by atoms with Crippen LogP contribution in [-0.2, 0) is 4.79 Å². The van der Waals surface area contributed by atoms with Gasteiger partial charge in [0.25, 0.3) is 0 Å². The fraction of sp³-hybridized carbons (Fsp3) is 0.316. The summed E-state index contributed by atoms with van der Waals surface area (Å²) in [4.78, 5) is 13.8. The molecule has 120 valence electrons. The molecule has 0 spiro atoms. The van der Waals surface area contributed by atoms with Crippen molar-refractivity contribution in [3.63, 3.8) is 0 Å². The molecular formula is C19H20FNO2. The number of likely N-dealkylation sites (tertiary alicyclic amines) is 1. The van der Waals surface area contributed by atoms with E-state index in [1.54, 1.807) is 36.3 Å². The third-order valence-electron chi connectivity index (χ3n) is 4.30. The highest BCUT2D eigenvalue weighted by Crippen LogP contribution is 2.39. The zero-order valence-corrected chi connectivity index (χ0v) is 13.1. The van der Waals surface area contributed by atoms with E-state index in [0.29, 0.717) is 18.5 Å². The van der Waals surface area contributed by atoms with E-state index < -0.39 is 12.2 Å². The summed E-state index contributed by atoms with van der Waals surface area (Å²) >= 11 is 0. The van der Waals surface area contributed by atoms with Crippen LogP contribution in [0.25, 0.3) is 0 Å².